The molecule has 0 saturated heterocycles. The van der Waals surface area contributed by atoms with E-state index in [1.54, 1.807) is 19.2 Å². The van der Waals surface area contributed by atoms with Gasteiger partial charge in [0.1, 0.15) is 11.6 Å². The minimum absolute atomic E-state index is 0.0260. The highest BCUT2D eigenvalue weighted by atomic mass is 19.1. The molecule has 0 aliphatic rings. The Labute approximate surface area is 111 Å². The first-order valence-electron chi connectivity index (χ1n) is 5.99. The molecule has 0 aromatic heterocycles. The van der Waals surface area contributed by atoms with Gasteiger partial charge in [0, 0.05) is 12.6 Å². The molecule has 100 valence electrons. The quantitative estimate of drug-likeness (QED) is 0.869. The number of aliphatic hydroxyl groups excluding tert-OH is 1. The lowest BCUT2D eigenvalue weighted by atomic mass is 10.1. The van der Waals surface area contributed by atoms with Crippen molar-refractivity contribution in [2.24, 2.45) is 0 Å². The van der Waals surface area contributed by atoms with Crippen LogP contribution in [0.25, 0.3) is 0 Å². The van der Waals surface area contributed by atoms with Crippen molar-refractivity contribution in [3.05, 3.63) is 59.4 Å². The number of benzene rings is 2. The molecular weight excluding hydrogens is 245 g/mol. The van der Waals surface area contributed by atoms with Crippen LogP contribution in [0.3, 0.4) is 0 Å². The van der Waals surface area contributed by atoms with Gasteiger partial charge in [-0.2, -0.15) is 0 Å². The zero-order chi connectivity index (χ0) is 13.7. The van der Waals surface area contributed by atoms with Crippen LogP contribution >= 0.6 is 0 Å². The predicted molar refractivity (Wildman–Crippen MR) is 72.6 cm³/mol. The zero-order valence-corrected chi connectivity index (χ0v) is 10.7. The lowest BCUT2D eigenvalue weighted by molar-refractivity contribution is 0.282. The molecule has 2 N–H and O–H groups in total. The molecule has 3 nitrogen and oxygen atoms in total. The Kier molecular flexibility index (Phi) is 4.36. The van der Waals surface area contributed by atoms with E-state index < -0.39 is 0 Å². The van der Waals surface area contributed by atoms with E-state index in [0.29, 0.717) is 18.0 Å². The van der Waals surface area contributed by atoms with Gasteiger partial charge >= 0.3 is 0 Å². The molecule has 0 atom stereocenters. The van der Waals surface area contributed by atoms with Gasteiger partial charge in [0.15, 0.2) is 0 Å². The summed E-state index contributed by atoms with van der Waals surface area (Å²) in [4.78, 5) is 0. The molecule has 0 heterocycles. The summed E-state index contributed by atoms with van der Waals surface area (Å²) in [7, 11) is 1.55. The smallest absolute Gasteiger partial charge is 0.146 e. The SMILES string of the molecule is COc1ccc(F)c(NCc2ccc(CO)cc2)c1. The van der Waals surface area contributed by atoms with Crippen molar-refractivity contribution in [3.8, 4) is 5.75 Å². The number of nitrogens with one attached hydrogen (secondary N) is 1. The predicted octanol–water partition coefficient (Wildman–Crippen LogP) is 2.94. The highest BCUT2D eigenvalue weighted by Crippen LogP contribution is 2.21. The van der Waals surface area contributed by atoms with Gasteiger partial charge in [-0.15, -0.1) is 0 Å². The van der Waals surface area contributed by atoms with Crippen LogP contribution in [-0.4, -0.2) is 12.2 Å². The number of methoxy groups -OCH3 is 1. The summed E-state index contributed by atoms with van der Waals surface area (Å²) in [5.41, 5.74) is 2.28. The molecule has 0 radical (unpaired) electrons. The van der Waals surface area contributed by atoms with Crippen LogP contribution in [0.15, 0.2) is 42.5 Å². The Morgan fingerprint density at radius 2 is 1.79 bits per heavy atom. The van der Waals surface area contributed by atoms with Gasteiger partial charge in [-0.25, -0.2) is 4.39 Å². The van der Waals surface area contributed by atoms with E-state index in [2.05, 4.69) is 5.32 Å². The van der Waals surface area contributed by atoms with Gasteiger partial charge in [-0.3, -0.25) is 0 Å². The molecular formula is C15H16FNO2. The molecule has 0 aliphatic heterocycles. The molecule has 0 unspecified atom stereocenters. The maximum absolute atomic E-state index is 13.6. The number of aliphatic hydroxyl groups is 1. The lowest BCUT2D eigenvalue weighted by Gasteiger charge is -2.09. The van der Waals surface area contributed by atoms with Crippen molar-refractivity contribution in [1.82, 2.24) is 0 Å². The van der Waals surface area contributed by atoms with Gasteiger partial charge in [0.25, 0.3) is 0 Å². The highest BCUT2D eigenvalue weighted by Gasteiger charge is 2.03. The van der Waals surface area contributed by atoms with Crippen LogP contribution in [-0.2, 0) is 13.2 Å². The summed E-state index contributed by atoms with van der Waals surface area (Å²) in [6.45, 7) is 0.536. The molecule has 0 aliphatic carbocycles. The van der Waals surface area contributed by atoms with Crippen LogP contribution in [0.5, 0.6) is 5.75 Å². The Bertz CT molecular complexity index is 540. The molecule has 0 bridgehead atoms. The Balaban J connectivity index is 2.05. The summed E-state index contributed by atoms with van der Waals surface area (Å²) in [6.07, 6.45) is 0. The Hall–Kier alpha value is -2.07. The number of ether oxygens (including phenoxy) is 1. The fourth-order valence-corrected chi connectivity index (χ4v) is 1.73. The van der Waals surface area contributed by atoms with Crippen molar-refractivity contribution in [1.29, 1.82) is 0 Å². The second-order valence-corrected chi connectivity index (χ2v) is 4.17. The van der Waals surface area contributed by atoms with Crippen molar-refractivity contribution >= 4 is 5.69 Å². The van der Waals surface area contributed by atoms with Crippen LogP contribution in [0, 0.1) is 5.82 Å². The van der Waals surface area contributed by atoms with Gasteiger partial charge in [0.2, 0.25) is 0 Å². The number of hydrogen-bond acceptors (Lipinski definition) is 3. The maximum Gasteiger partial charge on any atom is 0.146 e. The first-order valence-corrected chi connectivity index (χ1v) is 5.99. The molecule has 0 saturated carbocycles. The average molecular weight is 261 g/mol. The molecule has 2 aromatic carbocycles. The monoisotopic (exact) mass is 261 g/mol. The summed E-state index contributed by atoms with van der Waals surface area (Å²) in [5.74, 6) is 0.298. The Morgan fingerprint density at radius 1 is 1.11 bits per heavy atom. The minimum Gasteiger partial charge on any atom is -0.497 e. The first kappa shape index (κ1) is 13.4. The van der Waals surface area contributed by atoms with E-state index in [1.165, 1.54) is 6.07 Å². The van der Waals surface area contributed by atoms with E-state index in [-0.39, 0.29) is 12.4 Å². The van der Waals surface area contributed by atoms with Gasteiger partial charge < -0.3 is 15.2 Å². The van der Waals surface area contributed by atoms with Gasteiger partial charge in [0.05, 0.1) is 19.4 Å². The van der Waals surface area contributed by atoms with Crippen LogP contribution < -0.4 is 10.1 Å². The standard InChI is InChI=1S/C15H16FNO2/c1-19-13-6-7-14(16)15(8-13)17-9-11-2-4-12(10-18)5-3-11/h2-8,17-18H,9-10H2,1H3. The summed E-state index contributed by atoms with van der Waals surface area (Å²) in [6, 6.07) is 12.1. The minimum atomic E-state index is -0.312. The molecule has 19 heavy (non-hydrogen) atoms. The summed E-state index contributed by atoms with van der Waals surface area (Å²) >= 11 is 0. The van der Waals surface area contributed by atoms with E-state index >= 15 is 0 Å². The topological polar surface area (TPSA) is 41.5 Å². The molecule has 0 spiro atoms. The molecule has 2 rings (SSSR count). The number of hydrogen-bond donors (Lipinski definition) is 2. The van der Waals surface area contributed by atoms with Crippen LogP contribution in [0.2, 0.25) is 0 Å². The second-order valence-electron chi connectivity index (χ2n) is 4.17. The fraction of sp³-hybridized carbons (Fsp3) is 0.200. The van der Waals surface area contributed by atoms with Crippen molar-refractivity contribution in [2.45, 2.75) is 13.2 Å². The van der Waals surface area contributed by atoms with Gasteiger partial charge in [-0.1, -0.05) is 24.3 Å². The van der Waals surface area contributed by atoms with Crippen molar-refractivity contribution in [2.75, 3.05) is 12.4 Å². The maximum atomic E-state index is 13.6. The zero-order valence-electron chi connectivity index (χ0n) is 10.7. The normalized spacial score (nSPS) is 10.3. The van der Waals surface area contributed by atoms with E-state index in [9.17, 15) is 4.39 Å². The third-order valence-corrected chi connectivity index (χ3v) is 2.86. The largest absolute Gasteiger partial charge is 0.497 e. The highest BCUT2D eigenvalue weighted by molar-refractivity contribution is 5.50. The molecule has 0 amide bonds. The fourth-order valence-electron chi connectivity index (χ4n) is 1.73. The molecule has 0 fully saturated rings. The lowest BCUT2D eigenvalue weighted by Crippen LogP contribution is -2.02. The Morgan fingerprint density at radius 3 is 2.42 bits per heavy atom. The van der Waals surface area contributed by atoms with E-state index in [4.69, 9.17) is 9.84 Å². The summed E-state index contributed by atoms with van der Waals surface area (Å²) in [5, 5.41) is 12.0. The summed E-state index contributed by atoms with van der Waals surface area (Å²) < 4.78 is 18.6. The van der Waals surface area contributed by atoms with Gasteiger partial charge in [-0.05, 0) is 23.3 Å². The van der Waals surface area contributed by atoms with E-state index in [1.807, 2.05) is 24.3 Å². The van der Waals surface area contributed by atoms with Crippen molar-refractivity contribution in [3.63, 3.8) is 0 Å². The van der Waals surface area contributed by atoms with E-state index in [0.717, 1.165) is 11.1 Å². The number of rotatable bonds is 5. The van der Waals surface area contributed by atoms with Crippen LogP contribution in [0.4, 0.5) is 10.1 Å². The third kappa shape index (κ3) is 3.45. The number of anilines is 1. The average Bonchev–Trinajstić information content (AvgIpc) is 2.47. The van der Waals surface area contributed by atoms with Crippen LogP contribution in [0.1, 0.15) is 11.1 Å². The van der Waals surface area contributed by atoms with Crippen molar-refractivity contribution < 1.29 is 14.2 Å². The number of halogens is 1. The third-order valence-electron chi connectivity index (χ3n) is 2.86. The second kappa shape index (κ2) is 6.20. The molecule has 2 aromatic rings. The first-order chi connectivity index (χ1) is 9.22. The molecule has 4 heteroatoms.